The number of benzene rings is 1. The first kappa shape index (κ1) is 16.1. The molecule has 2 N–H and O–H groups in total. The topological polar surface area (TPSA) is 38.5 Å². The molecule has 0 radical (unpaired) electrons. The van der Waals surface area contributed by atoms with Crippen LogP contribution in [0, 0.1) is 5.92 Å². The van der Waals surface area contributed by atoms with Crippen molar-refractivity contribution >= 4 is 0 Å². The molecule has 1 aliphatic heterocycles. The van der Waals surface area contributed by atoms with Gasteiger partial charge < -0.3 is 10.5 Å². The lowest BCUT2D eigenvalue weighted by Crippen LogP contribution is -2.36. The van der Waals surface area contributed by atoms with Gasteiger partial charge in [0.1, 0.15) is 5.75 Å². The van der Waals surface area contributed by atoms with Gasteiger partial charge in [-0.1, -0.05) is 19.1 Å². The van der Waals surface area contributed by atoms with Crippen LogP contribution in [-0.2, 0) is 0 Å². The predicted molar refractivity (Wildman–Crippen MR) is 74.9 cm³/mol. The Morgan fingerprint density at radius 2 is 1.90 bits per heavy atom. The van der Waals surface area contributed by atoms with Gasteiger partial charge in [0.25, 0.3) is 0 Å². The summed E-state index contributed by atoms with van der Waals surface area (Å²) in [4.78, 5) is 2.32. The Morgan fingerprint density at radius 1 is 1.29 bits per heavy atom. The van der Waals surface area contributed by atoms with Crippen LogP contribution >= 0.6 is 0 Å². The molecule has 0 aliphatic carbocycles. The SMILES string of the molecule is CC1CC(C)N(C(CN)c2ccc(OC(F)(F)F)cc2)C1. The monoisotopic (exact) mass is 302 g/mol. The van der Waals surface area contributed by atoms with Crippen molar-refractivity contribution in [3.05, 3.63) is 29.8 Å². The molecule has 0 bridgehead atoms. The second kappa shape index (κ2) is 6.23. The Morgan fingerprint density at radius 3 is 2.33 bits per heavy atom. The van der Waals surface area contributed by atoms with Crippen molar-refractivity contribution in [2.24, 2.45) is 11.7 Å². The summed E-state index contributed by atoms with van der Waals surface area (Å²) in [6.07, 6.45) is -3.54. The fraction of sp³-hybridized carbons (Fsp3) is 0.600. The standard InChI is InChI=1S/C15H21F3N2O/c1-10-7-11(2)20(9-10)14(8-19)12-3-5-13(6-4-12)21-15(16,17)18/h3-6,10-11,14H,7-9,19H2,1-2H3. The third-order valence-corrected chi connectivity index (χ3v) is 3.95. The zero-order valence-corrected chi connectivity index (χ0v) is 12.2. The highest BCUT2D eigenvalue weighted by molar-refractivity contribution is 5.30. The van der Waals surface area contributed by atoms with E-state index in [1.165, 1.54) is 12.1 Å². The van der Waals surface area contributed by atoms with Crippen LogP contribution in [0.5, 0.6) is 5.75 Å². The van der Waals surface area contributed by atoms with E-state index in [9.17, 15) is 13.2 Å². The van der Waals surface area contributed by atoms with Crippen molar-refractivity contribution in [2.75, 3.05) is 13.1 Å². The third-order valence-electron chi connectivity index (χ3n) is 3.95. The summed E-state index contributed by atoms with van der Waals surface area (Å²) in [5.41, 5.74) is 6.80. The van der Waals surface area contributed by atoms with Gasteiger partial charge in [0.2, 0.25) is 0 Å². The van der Waals surface area contributed by atoms with E-state index < -0.39 is 6.36 Å². The molecule has 1 fully saturated rings. The van der Waals surface area contributed by atoms with Gasteiger partial charge in [-0.3, -0.25) is 4.90 Å². The van der Waals surface area contributed by atoms with Crippen LogP contribution in [0.15, 0.2) is 24.3 Å². The average molecular weight is 302 g/mol. The van der Waals surface area contributed by atoms with E-state index in [2.05, 4.69) is 23.5 Å². The Bertz CT molecular complexity index is 461. The van der Waals surface area contributed by atoms with Crippen LogP contribution in [0.3, 0.4) is 0 Å². The van der Waals surface area contributed by atoms with E-state index in [0.717, 1.165) is 18.5 Å². The van der Waals surface area contributed by atoms with Crippen molar-refractivity contribution in [1.82, 2.24) is 4.90 Å². The van der Waals surface area contributed by atoms with E-state index in [0.29, 0.717) is 18.5 Å². The van der Waals surface area contributed by atoms with Crippen molar-refractivity contribution < 1.29 is 17.9 Å². The Hall–Kier alpha value is -1.27. The molecule has 1 aliphatic rings. The number of nitrogens with zero attached hydrogens (tertiary/aromatic N) is 1. The van der Waals surface area contributed by atoms with Crippen molar-refractivity contribution in [1.29, 1.82) is 0 Å². The van der Waals surface area contributed by atoms with Gasteiger partial charge in [-0.05, 0) is 37.0 Å². The van der Waals surface area contributed by atoms with E-state index in [-0.39, 0.29) is 11.8 Å². The summed E-state index contributed by atoms with van der Waals surface area (Å²) in [7, 11) is 0. The fourth-order valence-corrected chi connectivity index (χ4v) is 3.12. The molecule has 21 heavy (non-hydrogen) atoms. The van der Waals surface area contributed by atoms with Gasteiger partial charge in [0.05, 0.1) is 0 Å². The molecule has 2 rings (SSSR count). The number of ether oxygens (including phenoxy) is 1. The highest BCUT2D eigenvalue weighted by atomic mass is 19.4. The molecule has 118 valence electrons. The Labute approximate surface area is 122 Å². The maximum absolute atomic E-state index is 12.2. The lowest BCUT2D eigenvalue weighted by Gasteiger charge is -2.31. The lowest BCUT2D eigenvalue weighted by atomic mass is 10.0. The number of alkyl halides is 3. The number of hydrogen-bond acceptors (Lipinski definition) is 3. The fourth-order valence-electron chi connectivity index (χ4n) is 3.12. The number of likely N-dealkylation sites (tertiary alicyclic amines) is 1. The van der Waals surface area contributed by atoms with Crippen LogP contribution in [-0.4, -0.2) is 30.4 Å². The highest BCUT2D eigenvalue weighted by Gasteiger charge is 2.33. The normalized spacial score (nSPS) is 25.0. The molecular weight excluding hydrogens is 281 g/mol. The summed E-state index contributed by atoms with van der Waals surface area (Å²) in [5.74, 6) is 0.409. The molecule has 0 aromatic heterocycles. The molecule has 0 saturated carbocycles. The molecule has 3 unspecified atom stereocenters. The predicted octanol–water partition coefficient (Wildman–Crippen LogP) is 3.32. The minimum absolute atomic E-state index is 0.0323. The number of rotatable bonds is 4. The zero-order chi connectivity index (χ0) is 15.6. The largest absolute Gasteiger partial charge is 0.573 e. The lowest BCUT2D eigenvalue weighted by molar-refractivity contribution is -0.274. The molecule has 6 heteroatoms. The summed E-state index contributed by atoms with van der Waals surface area (Å²) in [6, 6.07) is 6.47. The van der Waals surface area contributed by atoms with Crippen molar-refractivity contribution in [3.63, 3.8) is 0 Å². The molecule has 3 atom stereocenters. The molecule has 1 aromatic rings. The Kier molecular flexibility index (Phi) is 4.78. The van der Waals surface area contributed by atoms with Crippen LogP contribution in [0.2, 0.25) is 0 Å². The molecule has 1 heterocycles. The van der Waals surface area contributed by atoms with Crippen LogP contribution in [0.4, 0.5) is 13.2 Å². The third kappa shape index (κ3) is 4.11. The number of hydrogen-bond donors (Lipinski definition) is 1. The average Bonchev–Trinajstić information content (AvgIpc) is 2.70. The second-order valence-electron chi connectivity index (χ2n) is 5.76. The first-order valence-electron chi connectivity index (χ1n) is 7.11. The van der Waals surface area contributed by atoms with E-state index in [1.807, 2.05) is 0 Å². The van der Waals surface area contributed by atoms with Crippen molar-refractivity contribution in [2.45, 2.75) is 38.7 Å². The Balaban J connectivity index is 2.12. The molecule has 1 aromatic carbocycles. The summed E-state index contributed by atoms with van der Waals surface area (Å²) >= 11 is 0. The molecule has 0 spiro atoms. The minimum atomic E-state index is -4.66. The first-order chi connectivity index (χ1) is 9.80. The van der Waals surface area contributed by atoms with Gasteiger partial charge in [-0.15, -0.1) is 13.2 Å². The van der Waals surface area contributed by atoms with E-state index >= 15 is 0 Å². The van der Waals surface area contributed by atoms with E-state index in [4.69, 9.17) is 5.73 Å². The van der Waals surface area contributed by atoms with E-state index in [1.54, 1.807) is 12.1 Å². The number of halogens is 3. The maximum atomic E-state index is 12.2. The van der Waals surface area contributed by atoms with Gasteiger partial charge >= 0.3 is 6.36 Å². The molecular formula is C15H21F3N2O. The van der Waals surface area contributed by atoms with Crippen molar-refractivity contribution in [3.8, 4) is 5.75 Å². The smallest absolute Gasteiger partial charge is 0.406 e. The highest BCUT2D eigenvalue weighted by Crippen LogP contribution is 2.32. The van der Waals surface area contributed by atoms with Crippen LogP contribution < -0.4 is 10.5 Å². The quantitative estimate of drug-likeness (QED) is 0.927. The van der Waals surface area contributed by atoms with Gasteiger partial charge in [-0.2, -0.15) is 0 Å². The van der Waals surface area contributed by atoms with Gasteiger partial charge in [-0.25, -0.2) is 0 Å². The van der Waals surface area contributed by atoms with Crippen LogP contribution in [0.25, 0.3) is 0 Å². The first-order valence-corrected chi connectivity index (χ1v) is 7.11. The summed E-state index contributed by atoms with van der Waals surface area (Å²) < 4.78 is 40.4. The molecule has 0 amide bonds. The second-order valence-corrected chi connectivity index (χ2v) is 5.76. The van der Waals surface area contributed by atoms with Crippen LogP contribution in [0.1, 0.15) is 31.9 Å². The summed E-state index contributed by atoms with van der Waals surface area (Å²) in [6.45, 7) is 5.76. The molecule has 3 nitrogen and oxygen atoms in total. The summed E-state index contributed by atoms with van der Waals surface area (Å²) in [5, 5.41) is 0. The van der Waals surface area contributed by atoms with Gasteiger partial charge in [0, 0.05) is 25.2 Å². The van der Waals surface area contributed by atoms with Gasteiger partial charge in [0.15, 0.2) is 0 Å². The zero-order valence-electron chi connectivity index (χ0n) is 12.2. The molecule has 1 saturated heterocycles. The minimum Gasteiger partial charge on any atom is -0.406 e. The maximum Gasteiger partial charge on any atom is 0.573 e. The number of nitrogens with two attached hydrogens (primary N) is 1.